The van der Waals surface area contributed by atoms with Gasteiger partial charge in [-0.2, -0.15) is 5.10 Å². The molecule has 1 aliphatic heterocycles. The highest BCUT2D eigenvalue weighted by Crippen LogP contribution is 2.36. The average molecular weight is 333 g/mol. The zero-order valence-electron chi connectivity index (χ0n) is 12.3. The lowest BCUT2D eigenvalue weighted by atomic mass is 10.1. The lowest BCUT2D eigenvalue weighted by Gasteiger charge is -2.07. The summed E-state index contributed by atoms with van der Waals surface area (Å²) in [6.45, 7) is 0.589. The van der Waals surface area contributed by atoms with E-state index in [1.807, 2.05) is 0 Å². The van der Waals surface area contributed by atoms with Gasteiger partial charge in [-0.25, -0.2) is 22.2 Å². The van der Waals surface area contributed by atoms with Gasteiger partial charge >= 0.3 is 0 Å². The number of benzene rings is 2. The zero-order chi connectivity index (χ0) is 16.8. The molecule has 3 nitrogen and oxygen atoms in total. The molecule has 1 N–H and O–H groups in total. The first-order valence-electron chi connectivity index (χ1n) is 7.31. The molecule has 0 saturated heterocycles. The van der Waals surface area contributed by atoms with Crippen molar-refractivity contribution in [2.75, 3.05) is 11.9 Å². The maximum Gasteiger partial charge on any atom is 0.151 e. The highest BCUT2D eigenvalue weighted by Gasteiger charge is 2.26. The smallest absolute Gasteiger partial charge is 0.151 e. The molecular formula is C17H11F4N3. The van der Waals surface area contributed by atoms with Gasteiger partial charge in [0, 0.05) is 29.8 Å². The van der Waals surface area contributed by atoms with Gasteiger partial charge in [0.15, 0.2) is 5.82 Å². The van der Waals surface area contributed by atoms with Gasteiger partial charge in [-0.05, 0) is 30.7 Å². The molecule has 0 bridgehead atoms. The highest BCUT2D eigenvalue weighted by atomic mass is 19.1. The molecule has 0 spiro atoms. The Morgan fingerprint density at radius 2 is 1.62 bits per heavy atom. The Balaban J connectivity index is 1.92. The van der Waals surface area contributed by atoms with E-state index in [1.165, 1.54) is 16.8 Å². The Morgan fingerprint density at radius 1 is 0.917 bits per heavy atom. The average Bonchev–Trinajstić information content (AvgIpc) is 3.11. The molecule has 24 heavy (non-hydrogen) atoms. The van der Waals surface area contributed by atoms with E-state index in [1.54, 1.807) is 0 Å². The first kappa shape index (κ1) is 14.7. The summed E-state index contributed by atoms with van der Waals surface area (Å²) < 4.78 is 55.8. The minimum absolute atomic E-state index is 0.0517. The van der Waals surface area contributed by atoms with Crippen molar-refractivity contribution in [1.82, 2.24) is 9.78 Å². The minimum atomic E-state index is -0.778. The van der Waals surface area contributed by atoms with Crippen molar-refractivity contribution < 1.29 is 17.6 Å². The number of rotatable bonds is 2. The molecule has 122 valence electrons. The Hall–Kier alpha value is -2.83. The Labute approximate surface area is 134 Å². The molecule has 0 amide bonds. The van der Waals surface area contributed by atoms with Gasteiger partial charge < -0.3 is 5.32 Å². The predicted octanol–water partition coefficient (Wildman–Crippen LogP) is 4.06. The molecule has 4 rings (SSSR count). The van der Waals surface area contributed by atoms with E-state index in [-0.39, 0.29) is 11.3 Å². The summed E-state index contributed by atoms with van der Waals surface area (Å²) in [7, 11) is 0. The van der Waals surface area contributed by atoms with Crippen molar-refractivity contribution in [2.24, 2.45) is 0 Å². The van der Waals surface area contributed by atoms with Crippen molar-refractivity contribution >= 4 is 5.82 Å². The van der Waals surface area contributed by atoms with Crippen LogP contribution in [-0.2, 0) is 6.42 Å². The largest absolute Gasteiger partial charge is 0.369 e. The number of halogens is 4. The van der Waals surface area contributed by atoms with Crippen LogP contribution in [0.25, 0.3) is 16.9 Å². The van der Waals surface area contributed by atoms with Gasteiger partial charge in [-0.15, -0.1) is 0 Å². The van der Waals surface area contributed by atoms with E-state index in [4.69, 9.17) is 0 Å². The molecule has 7 heteroatoms. The monoisotopic (exact) mass is 333 g/mol. The molecule has 3 aromatic rings. The lowest BCUT2D eigenvalue weighted by molar-refractivity contribution is 0.574. The van der Waals surface area contributed by atoms with Crippen LogP contribution in [0.1, 0.15) is 5.56 Å². The van der Waals surface area contributed by atoms with Crippen molar-refractivity contribution in [3.05, 3.63) is 65.2 Å². The third kappa shape index (κ3) is 2.24. The number of fused-ring (bicyclic) bond motifs is 1. The van der Waals surface area contributed by atoms with E-state index in [2.05, 4.69) is 10.4 Å². The summed E-state index contributed by atoms with van der Waals surface area (Å²) >= 11 is 0. The fraction of sp³-hybridized carbons (Fsp3) is 0.118. The molecule has 0 fully saturated rings. The van der Waals surface area contributed by atoms with Crippen LogP contribution in [-0.4, -0.2) is 16.3 Å². The van der Waals surface area contributed by atoms with E-state index in [0.29, 0.717) is 30.0 Å². The second-order valence-corrected chi connectivity index (χ2v) is 5.48. The lowest BCUT2D eigenvalue weighted by Crippen LogP contribution is -2.06. The Kier molecular flexibility index (Phi) is 3.30. The second kappa shape index (κ2) is 5.36. The fourth-order valence-corrected chi connectivity index (χ4v) is 2.90. The number of nitrogens with zero attached hydrogens (tertiary/aromatic N) is 2. The molecule has 0 radical (unpaired) electrons. The van der Waals surface area contributed by atoms with Crippen LogP contribution in [0.3, 0.4) is 0 Å². The Bertz CT molecular complexity index is 875. The van der Waals surface area contributed by atoms with Crippen molar-refractivity contribution in [3.63, 3.8) is 0 Å². The second-order valence-electron chi connectivity index (χ2n) is 5.48. The normalized spacial score (nSPS) is 13.0. The molecule has 2 aromatic carbocycles. The van der Waals surface area contributed by atoms with Crippen LogP contribution in [0.5, 0.6) is 0 Å². The zero-order valence-corrected chi connectivity index (χ0v) is 12.3. The number of anilines is 1. The quantitative estimate of drug-likeness (QED) is 0.717. The van der Waals surface area contributed by atoms with Gasteiger partial charge in [-0.3, -0.25) is 0 Å². The molecule has 0 unspecified atom stereocenters. The highest BCUT2D eigenvalue weighted by molar-refractivity contribution is 5.73. The molecular weight excluding hydrogens is 322 g/mol. The summed E-state index contributed by atoms with van der Waals surface area (Å²) in [6, 6.07) is 6.38. The van der Waals surface area contributed by atoms with Gasteiger partial charge in [0.05, 0.1) is 0 Å². The van der Waals surface area contributed by atoms with Crippen molar-refractivity contribution in [1.29, 1.82) is 0 Å². The molecule has 0 atom stereocenters. The van der Waals surface area contributed by atoms with E-state index >= 15 is 0 Å². The first-order valence-corrected chi connectivity index (χ1v) is 7.31. The van der Waals surface area contributed by atoms with Gasteiger partial charge in [0.2, 0.25) is 0 Å². The fourth-order valence-electron chi connectivity index (χ4n) is 2.90. The summed E-state index contributed by atoms with van der Waals surface area (Å²) in [5, 5.41) is 7.36. The third-order valence-corrected chi connectivity index (χ3v) is 3.98. The third-order valence-electron chi connectivity index (χ3n) is 3.98. The summed E-state index contributed by atoms with van der Waals surface area (Å²) in [6.07, 6.45) is 0.574. The van der Waals surface area contributed by atoms with Gasteiger partial charge in [-0.1, -0.05) is 0 Å². The predicted molar refractivity (Wildman–Crippen MR) is 81.0 cm³/mol. The van der Waals surface area contributed by atoms with Crippen LogP contribution in [0.4, 0.5) is 23.4 Å². The SMILES string of the molecule is Fc1ccc(-c2nn(-c3ccc(F)cc3F)c3c2CCN3)c(F)c1. The van der Waals surface area contributed by atoms with Crippen molar-refractivity contribution in [2.45, 2.75) is 6.42 Å². The maximum atomic E-state index is 14.1. The summed E-state index contributed by atoms with van der Waals surface area (Å²) in [5.41, 5.74) is 1.22. The topological polar surface area (TPSA) is 29.9 Å². The molecule has 1 aromatic heterocycles. The van der Waals surface area contributed by atoms with Crippen LogP contribution in [0.15, 0.2) is 36.4 Å². The van der Waals surface area contributed by atoms with E-state index < -0.39 is 23.3 Å². The van der Waals surface area contributed by atoms with Crippen LogP contribution < -0.4 is 5.32 Å². The summed E-state index contributed by atoms with van der Waals surface area (Å²) in [4.78, 5) is 0. The van der Waals surface area contributed by atoms with Crippen LogP contribution in [0, 0.1) is 23.3 Å². The van der Waals surface area contributed by atoms with Crippen molar-refractivity contribution in [3.8, 4) is 16.9 Å². The molecule has 0 saturated carbocycles. The standard InChI is InChI=1S/C17H11F4N3/c18-9-1-3-11(13(20)7-9)16-12-5-6-22-17(12)24(23-16)15-4-2-10(19)8-14(15)21/h1-4,7-8,22H,5-6H2. The molecule has 1 aliphatic rings. The van der Waals surface area contributed by atoms with E-state index in [0.717, 1.165) is 24.3 Å². The first-order chi connectivity index (χ1) is 11.5. The number of nitrogens with one attached hydrogen (secondary N) is 1. The van der Waals surface area contributed by atoms with Crippen LogP contribution >= 0.6 is 0 Å². The molecule has 0 aliphatic carbocycles. The minimum Gasteiger partial charge on any atom is -0.369 e. The number of hydrogen-bond donors (Lipinski definition) is 1. The van der Waals surface area contributed by atoms with Crippen LogP contribution in [0.2, 0.25) is 0 Å². The number of aromatic nitrogens is 2. The molecule has 2 heterocycles. The van der Waals surface area contributed by atoms with Gasteiger partial charge in [0.1, 0.15) is 34.7 Å². The summed E-state index contributed by atoms with van der Waals surface area (Å²) in [5.74, 6) is -2.37. The van der Waals surface area contributed by atoms with Gasteiger partial charge in [0.25, 0.3) is 0 Å². The Morgan fingerprint density at radius 3 is 2.33 bits per heavy atom. The van der Waals surface area contributed by atoms with E-state index in [9.17, 15) is 17.6 Å². The maximum absolute atomic E-state index is 14.1. The number of hydrogen-bond acceptors (Lipinski definition) is 2.